The summed E-state index contributed by atoms with van der Waals surface area (Å²) in [6.07, 6.45) is 0. The number of anilines is 1. The van der Waals surface area contributed by atoms with Gasteiger partial charge in [-0.2, -0.15) is 8.78 Å². The van der Waals surface area contributed by atoms with Crippen molar-refractivity contribution in [2.75, 3.05) is 5.32 Å². The van der Waals surface area contributed by atoms with Gasteiger partial charge in [0.05, 0.1) is 22.4 Å². The van der Waals surface area contributed by atoms with Crippen molar-refractivity contribution in [1.29, 1.82) is 0 Å². The highest BCUT2D eigenvalue weighted by Gasteiger charge is 2.18. The number of nitrogens with zero attached hydrogens (tertiary/aromatic N) is 4. The standard InChI is InChI=1S/C24H18F2N6O2/c1-14-21(30-31-32(14)17-10-12-18(13-11-17)34-24(25)26)23(33)27-16-8-6-15(7-9-16)22-28-19-4-2-3-5-20(19)29-22/h2-13,24H,1H3,(H,27,33)(H,28,29). The van der Waals surface area contributed by atoms with Gasteiger partial charge in [0.2, 0.25) is 0 Å². The second kappa shape index (κ2) is 8.74. The number of para-hydroxylation sites is 2. The third-order valence-electron chi connectivity index (χ3n) is 5.22. The summed E-state index contributed by atoms with van der Waals surface area (Å²) in [5.74, 6) is 0.348. The number of aromatic amines is 1. The Morgan fingerprint density at radius 3 is 2.47 bits per heavy atom. The minimum Gasteiger partial charge on any atom is -0.435 e. The van der Waals surface area contributed by atoms with Crippen LogP contribution in [-0.2, 0) is 0 Å². The average molecular weight is 460 g/mol. The Labute approximate surface area is 192 Å². The molecule has 0 aliphatic heterocycles. The first-order valence-corrected chi connectivity index (χ1v) is 10.3. The molecule has 0 unspecified atom stereocenters. The van der Waals surface area contributed by atoms with Crippen LogP contribution < -0.4 is 10.1 Å². The molecule has 0 atom stereocenters. The van der Waals surface area contributed by atoms with Crippen LogP contribution in [0, 0.1) is 6.92 Å². The van der Waals surface area contributed by atoms with Crippen LogP contribution in [0.2, 0.25) is 0 Å². The number of rotatable bonds is 6. The number of amides is 1. The van der Waals surface area contributed by atoms with Gasteiger partial charge in [-0.25, -0.2) is 9.67 Å². The first-order chi connectivity index (χ1) is 16.5. The van der Waals surface area contributed by atoms with Gasteiger partial charge in [0.15, 0.2) is 5.69 Å². The number of H-pyrrole nitrogens is 1. The van der Waals surface area contributed by atoms with Gasteiger partial charge in [-0.3, -0.25) is 4.79 Å². The molecule has 3 aromatic carbocycles. The molecule has 0 bridgehead atoms. The van der Waals surface area contributed by atoms with Crippen molar-refractivity contribution in [3.63, 3.8) is 0 Å². The van der Waals surface area contributed by atoms with E-state index in [1.54, 1.807) is 31.2 Å². The van der Waals surface area contributed by atoms with E-state index in [1.165, 1.54) is 16.8 Å². The highest BCUT2D eigenvalue weighted by atomic mass is 19.3. The number of aromatic nitrogens is 5. The number of benzene rings is 3. The number of nitrogens with one attached hydrogen (secondary N) is 2. The van der Waals surface area contributed by atoms with E-state index in [0.717, 1.165) is 22.4 Å². The average Bonchev–Trinajstić information content (AvgIpc) is 3.43. The van der Waals surface area contributed by atoms with Crippen molar-refractivity contribution in [3.05, 3.63) is 84.2 Å². The molecule has 5 aromatic rings. The van der Waals surface area contributed by atoms with Gasteiger partial charge in [-0.1, -0.05) is 17.3 Å². The summed E-state index contributed by atoms with van der Waals surface area (Å²) in [5, 5.41) is 10.8. The van der Waals surface area contributed by atoms with Crippen LogP contribution in [0.5, 0.6) is 5.75 Å². The maximum atomic E-state index is 12.8. The van der Waals surface area contributed by atoms with E-state index in [1.807, 2.05) is 36.4 Å². The van der Waals surface area contributed by atoms with Gasteiger partial charge < -0.3 is 15.0 Å². The molecule has 10 heteroatoms. The predicted molar refractivity (Wildman–Crippen MR) is 122 cm³/mol. The van der Waals surface area contributed by atoms with Crippen LogP contribution in [-0.4, -0.2) is 37.5 Å². The summed E-state index contributed by atoms with van der Waals surface area (Å²) in [6.45, 7) is -1.20. The molecule has 170 valence electrons. The maximum absolute atomic E-state index is 12.8. The van der Waals surface area contributed by atoms with E-state index >= 15 is 0 Å². The highest BCUT2D eigenvalue weighted by molar-refractivity contribution is 6.03. The van der Waals surface area contributed by atoms with Gasteiger partial charge in [0.25, 0.3) is 5.91 Å². The van der Waals surface area contributed by atoms with Gasteiger partial charge in [0.1, 0.15) is 11.6 Å². The van der Waals surface area contributed by atoms with Crippen LogP contribution >= 0.6 is 0 Å². The summed E-state index contributed by atoms with van der Waals surface area (Å²) in [6, 6.07) is 20.9. The molecule has 8 nitrogen and oxygen atoms in total. The summed E-state index contributed by atoms with van der Waals surface area (Å²) >= 11 is 0. The Kier molecular flexibility index (Phi) is 5.46. The van der Waals surface area contributed by atoms with E-state index in [4.69, 9.17) is 0 Å². The molecule has 0 spiro atoms. The summed E-state index contributed by atoms with van der Waals surface area (Å²) in [4.78, 5) is 20.6. The lowest BCUT2D eigenvalue weighted by Crippen LogP contribution is -2.14. The van der Waals surface area contributed by atoms with E-state index < -0.39 is 12.5 Å². The second-order valence-corrected chi connectivity index (χ2v) is 7.44. The summed E-state index contributed by atoms with van der Waals surface area (Å²) < 4.78 is 30.5. The molecular formula is C24H18F2N6O2. The molecule has 5 rings (SSSR count). The van der Waals surface area contributed by atoms with Gasteiger partial charge in [-0.15, -0.1) is 5.10 Å². The number of ether oxygens (including phenoxy) is 1. The van der Waals surface area contributed by atoms with Gasteiger partial charge in [-0.05, 0) is 67.6 Å². The number of hydrogen-bond donors (Lipinski definition) is 2. The molecule has 0 aliphatic carbocycles. The fourth-order valence-electron chi connectivity index (χ4n) is 3.54. The minimum absolute atomic E-state index is 0.0283. The lowest BCUT2D eigenvalue weighted by atomic mass is 10.2. The van der Waals surface area contributed by atoms with Crippen LogP contribution in [0.15, 0.2) is 72.8 Å². The lowest BCUT2D eigenvalue weighted by Gasteiger charge is -2.07. The highest BCUT2D eigenvalue weighted by Crippen LogP contribution is 2.23. The summed E-state index contributed by atoms with van der Waals surface area (Å²) in [7, 11) is 0. The molecule has 0 aliphatic rings. The minimum atomic E-state index is -2.90. The van der Waals surface area contributed by atoms with E-state index in [0.29, 0.717) is 17.1 Å². The molecule has 0 fully saturated rings. The lowest BCUT2D eigenvalue weighted by molar-refractivity contribution is -0.0498. The van der Waals surface area contributed by atoms with Crippen molar-refractivity contribution in [2.45, 2.75) is 13.5 Å². The van der Waals surface area contributed by atoms with E-state index in [9.17, 15) is 13.6 Å². The van der Waals surface area contributed by atoms with Gasteiger partial charge in [0, 0.05) is 11.3 Å². The fourth-order valence-corrected chi connectivity index (χ4v) is 3.54. The molecular weight excluding hydrogens is 442 g/mol. The molecule has 2 N–H and O–H groups in total. The van der Waals surface area contributed by atoms with Gasteiger partial charge >= 0.3 is 6.61 Å². The zero-order chi connectivity index (χ0) is 23.7. The molecule has 0 saturated carbocycles. The van der Waals surface area contributed by atoms with E-state index in [2.05, 4.69) is 30.3 Å². The first-order valence-electron chi connectivity index (χ1n) is 10.3. The number of fused-ring (bicyclic) bond motifs is 1. The molecule has 34 heavy (non-hydrogen) atoms. The maximum Gasteiger partial charge on any atom is 0.387 e. The number of carbonyl (C=O) groups excluding carboxylic acids is 1. The van der Waals surface area contributed by atoms with E-state index in [-0.39, 0.29) is 11.4 Å². The zero-order valence-corrected chi connectivity index (χ0v) is 17.9. The monoisotopic (exact) mass is 460 g/mol. The van der Waals surface area contributed by atoms with Crippen molar-refractivity contribution >= 4 is 22.6 Å². The normalized spacial score (nSPS) is 11.2. The van der Waals surface area contributed by atoms with Crippen molar-refractivity contribution < 1.29 is 18.3 Å². The Balaban J connectivity index is 1.30. The number of imidazole rings is 1. The molecule has 2 heterocycles. The number of alkyl halides is 2. The zero-order valence-electron chi connectivity index (χ0n) is 17.9. The van der Waals surface area contributed by atoms with Crippen LogP contribution in [0.4, 0.5) is 14.5 Å². The molecule has 2 aromatic heterocycles. The second-order valence-electron chi connectivity index (χ2n) is 7.44. The Bertz CT molecular complexity index is 1430. The quantitative estimate of drug-likeness (QED) is 0.373. The molecule has 0 saturated heterocycles. The number of halogens is 2. The Morgan fingerprint density at radius 2 is 1.76 bits per heavy atom. The topological polar surface area (TPSA) is 97.7 Å². The number of hydrogen-bond acceptors (Lipinski definition) is 5. The smallest absolute Gasteiger partial charge is 0.387 e. The third kappa shape index (κ3) is 4.20. The predicted octanol–water partition coefficient (Wildman–Crippen LogP) is 4.97. The van der Waals surface area contributed by atoms with Crippen LogP contribution in [0.1, 0.15) is 16.2 Å². The van der Waals surface area contributed by atoms with Crippen molar-refractivity contribution in [3.8, 4) is 22.8 Å². The van der Waals surface area contributed by atoms with Crippen molar-refractivity contribution in [1.82, 2.24) is 25.0 Å². The Morgan fingerprint density at radius 1 is 1.03 bits per heavy atom. The van der Waals surface area contributed by atoms with Crippen LogP contribution in [0.25, 0.3) is 28.1 Å². The SMILES string of the molecule is Cc1c(C(=O)Nc2ccc(-c3nc4ccccc4[nH]3)cc2)nnn1-c1ccc(OC(F)F)cc1. The number of carbonyl (C=O) groups is 1. The fraction of sp³-hybridized carbons (Fsp3) is 0.0833. The summed E-state index contributed by atoms with van der Waals surface area (Å²) in [5.41, 5.74) is 4.51. The Hall–Kier alpha value is -4.60. The largest absolute Gasteiger partial charge is 0.435 e. The van der Waals surface area contributed by atoms with Crippen molar-refractivity contribution in [2.24, 2.45) is 0 Å². The first kappa shape index (κ1) is 21.3. The molecule has 0 radical (unpaired) electrons. The third-order valence-corrected chi connectivity index (χ3v) is 5.22. The molecule has 1 amide bonds. The van der Waals surface area contributed by atoms with Crippen LogP contribution in [0.3, 0.4) is 0 Å².